The van der Waals surface area contributed by atoms with Gasteiger partial charge in [0.15, 0.2) is 0 Å². The van der Waals surface area contributed by atoms with Gasteiger partial charge in [-0.1, -0.05) is 30.3 Å². The minimum Gasteiger partial charge on any atom is -0.390 e. The molecule has 0 fully saturated rings. The van der Waals surface area contributed by atoms with Gasteiger partial charge < -0.3 is 15.4 Å². The number of hydrogen-bond donors (Lipinski definition) is 3. The fraction of sp³-hybridized carbons (Fsp3) is 0.190. The Hall–Kier alpha value is -3.45. The highest BCUT2D eigenvalue weighted by Gasteiger charge is 2.35. The Morgan fingerprint density at radius 2 is 2.14 bits per heavy atom. The van der Waals surface area contributed by atoms with Crippen molar-refractivity contribution in [2.75, 3.05) is 7.05 Å². The predicted octanol–water partition coefficient (Wildman–Crippen LogP) is 1.98. The van der Waals surface area contributed by atoms with Gasteiger partial charge in [-0.3, -0.25) is 9.69 Å². The first kappa shape index (κ1) is 16.7. The van der Waals surface area contributed by atoms with E-state index in [0.717, 1.165) is 27.7 Å². The summed E-state index contributed by atoms with van der Waals surface area (Å²) in [5.74, 6) is 0.253. The molecule has 0 spiro atoms. The van der Waals surface area contributed by atoms with Crippen LogP contribution in [-0.2, 0) is 11.2 Å². The summed E-state index contributed by atoms with van der Waals surface area (Å²) in [7, 11) is 1.68. The molecule has 0 saturated carbocycles. The average Bonchev–Trinajstić information content (AvgIpc) is 3.35. The molecule has 2 heterocycles. The Morgan fingerprint density at radius 1 is 1.29 bits per heavy atom. The number of aliphatic hydroxyl groups is 1. The molecule has 1 amide bonds. The number of imidazole rings is 1. The summed E-state index contributed by atoms with van der Waals surface area (Å²) < 4.78 is 0. The Kier molecular flexibility index (Phi) is 3.77. The van der Waals surface area contributed by atoms with Crippen LogP contribution in [0.1, 0.15) is 22.7 Å². The summed E-state index contributed by atoms with van der Waals surface area (Å²) in [6.45, 7) is 0. The number of nitrogens with one attached hydrogen (secondary N) is 2. The quantitative estimate of drug-likeness (QED) is 0.599. The van der Waals surface area contributed by atoms with E-state index >= 15 is 0 Å². The summed E-state index contributed by atoms with van der Waals surface area (Å²) in [6, 6.07) is 13.4. The molecule has 0 unspecified atom stereocenters. The second kappa shape index (κ2) is 6.31. The number of nitrogens with zero attached hydrogens (tertiary/aromatic N) is 3. The van der Waals surface area contributed by atoms with Crippen LogP contribution in [0, 0.1) is 0 Å². The highest BCUT2D eigenvalue weighted by molar-refractivity contribution is 6.13. The number of fused-ring (bicyclic) bond motifs is 2. The third-order valence-corrected chi connectivity index (χ3v) is 5.31. The number of aromatic amines is 1. The Labute approximate surface area is 161 Å². The standard InChI is InChI=1S/C21H19N5O2/c1-26-20(28)17(9-12-6-7-15-16(8-12)23-11-22-15)24-21(26)25-19-14-5-3-2-4-13(14)10-18(19)27/h2-9,11,18-19,27H,10H2,1H3,(H,22,23)(H,24,25)/b17-9-/t18-,19-/m0/s1. The fourth-order valence-corrected chi connectivity index (χ4v) is 3.81. The maximum Gasteiger partial charge on any atom is 0.279 e. The highest BCUT2D eigenvalue weighted by Crippen LogP contribution is 2.32. The van der Waals surface area contributed by atoms with E-state index in [9.17, 15) is 9.90 Å². The molecule has 3 N–H and O–H groups in total. The van der Waals surface area contributed by atoms with Crippen LogP contribution in [0.5, 0.6) is 0 Å². The van der Waals surface area contributed by atoms with E-state index in [1.165, 1.54) is 4.90 Å². The lowest BCUT2D eigenvalue weighted by atomic mass is 10.1. The van der Waals surface area contributed by atoms with Crippen molar-refractivity contribution in [3.05, 3.63) is 71.2 Å². The molecule has 28 heavy (non-hydrogen) atoms. The Morgan fingerprint density at radius 3 is 3.04 bits per heavy atom. The zero-order valence-corrected chi connectivity index (χ0v) is 15.3. The van der Waals surface area contributed by atoms with Gasteiger partial charge in [-0.25, -0.2) is 9.98 Å². The number of aromatic nitrogens is 2. The van der Waals surface area contributed by atoms with Gasteiger partial charge in [-0.05, 0) is 34.9 Å². The van der Waals surface area contributed by atoms with Gasteiger partial charge in [0, 0.05) is 13.5 Å². The minimum atomic E-state index is -0.557. The minimum absolute atomic E-state index is 0.189. The third-order valence-electron chi connectivity index (χ3n) is 5.31. The second-order valence-corrected chi connectivity index (χ2v) is 7.10. The number of aliphatic hydroxyl groups excluding tert-OH is 1. The summed E-state index contributed by atoms with van der Waals surface area (Å²) in [5.41, 5.74) is 5.13. The van der Waals surface area contributed by atoms with E-state index in [1.807, 2.05) is 42.5 Å². The predicted molar refractivity (Wildman–Crippen MR) is 106 cm³/mol. The average molecular weight is 373 g/mol. The van der Waals surface area contributed by atoms with Crippen molar-refractivity contribution >= 4 is 29.0 Å². The number of carbonyl (C=O) groups is 1. The first-order valence-electron chi connectivity index (χ1n) is 9.14. The van der Waals surface area contributed by atoms with Crippen LogP contribution in [0.25, 0.3) is 17.1 Å². The molecule has 1 aliphatic heterocycles. The number of rotatable bonds is 2. The second-order valence-electron chi connectivity index (χ2n) is 7.10. The molecule has 3 aromatic rings. The number of carbonyl (C=O) groups excluding carboxylic acids is 1. The fourth-order valence-electron chi connectivity index (χ4n) is 3.81. The van der Waals surface area contributed by atoms with E-state index in [4.69, 9.17) is 0 Å². The van der Waals surface area contributed by atoms with Crippen LogP contribution in [0.15, 0.2) is 59.5 Å². The molecular formula is C21H19N5O2. The number of H-pyrrole nitrogens is 1. The molecule has 7 heteroatoms. The van der Waals surface area contributed by atoms with Crippen LogP contribution >= 0.6 is 0 Å². The van der Waals surface area contributed by atoms with Gasteiger partial charge >= 0.3 is 0 Å². The normalized spacial score (nSPS) is 22.8. The first-order valence-corrected chi connectivity index (χ1v) is 9.14. The number of benzene rings is 2. The monoisotopic (exact) mass is 373 g/mol. The third kappa shape index (κ3) is 2.68. The largest absolute Gasteiger partial charge is 0.390 e. The molecule has 0 radical (unpaired) electrons. The zero-order valence-electron chi connectivity index (χ0n) is 15.3. The topological polar surface area (TPSA) is 93.6 Å². The van der Waals surface area contributed by atoms with Crippen molar-refractivity contribution in [2.45, 2.75) is 18.6 Å². The molecule has 0 bridgehead atoms. The van der Waals surface area contributed by atoms with E-state index in [2.05, 4.69) is 20.3 Å². The maximum absolute atomic E-state index is 12.7. The van der Waals surface area contributed by atoms with Gasteiger partial charge in [-0.15, -0.1) is 0 Å². The van der Waals surface area contributed by atoms with Crippen LogP contribution < -0.4 is 5.32 Å². The molecular weight excluding hydrogens is 354 g/mol. The summed E-state index contributed by atoms with van der Waals surface area (Å²) in [4.78, 5) is 25.9. The van der Waals surface area contributed by atoms with Crippen molar-refractivity contribution in [2.24, 2.45) is 4.99 Å². The summed E-state index contributed by atoms with van der Waals surface area (Å²) in [6.07, 6.45) is 3.42. The van der Waals surface area contributed by atoms with Crippen LogP contribution in [0.4, 0.5) is 0 Å². The molecule has 2 aromatic carbocycles. The number of aliphatic imine (C=N–C) groups is 1. The van der Waals surface area contributed by atoms with Crippen molar-refractivity contribution in [3.8, 4) is 0 Å². The van der Waals surface area contributed by atoms with E-state index < -0.39 is 6.10 Å². The molecule has 2 aliphatic rings. The summed E-state index contributed by atoms with van der Waals surface area (Å²) >= 11 is 0. The van der Waals surface area contributed by atoms with E-state index in [-0.39, 0.29) is 11.9 Å². The molecule has 140 valence electrons. The first-order chi connectivity index (χ1) is 13.6. The van der Waals surface area contributed by atoms with Gasteiger partial charge in [0.2, 0.25) is 5.96 Å². The molecule has 1 aromatic heterocycles. The summed E-state index contributed by atoms with van der Waals surface area (Å²) in [5, 5.41) is 13.7. The van der Waals surface area contributed by atoms with Crippen molar-refractivity contribution < 1.29 is 9.90 Å². The number of guanidine groups is 1. The lowest BCUT2D eigenvalue weighted by molar-refractivity contribution is -0.121. The van der Waals surface area contributed by atoms with Gasteiger partial charge in [-0.2, -0.15) is 0 Å². The smallest absolute Gasteiger partial charge is 0.279 e. The maximum atomic E-state index is 12.7. The van der Waals surface area contributed by atoms with Crippen molar-refractivity contribution in [1.82, 2.24) is 20.2 Å². The van der Waals surface area contributed by atoms with Crippen LogP contribution in [0.3, 0.4) is 0 Å². The molecule has 2 atom stereocenters. The Bertz CT molecular complexity index is 1150. The Balaban J connectivity index is 1.45. The molecule has 1 aliphatic carbocycles. The lowest BCUT2D eigenvalue weighted by Gasteiger charge is -2.21. The van der Waals surface area contributed by atoms with Crippen LogP contribution in [0.2, 0.25) is 0 Å². The lowest BCUT2D eigenvalue weighted by Crippen LogP contribution is -2.42. The molecule has 5 rings (SSSR count). The van der Waals surface area contributed by atoms with Gasteiger partial charge in [0.1, 0.15) is 5.70 Å². The van der Waals surface area contributed by atoms with Gasteiger partial charge in [0.25, 0.3) is 5.91 Å². The number of amides is 1. The van der Waals surface area contributed by atoms with Crippen molar-refractivity contribution in [3.63, 3.8) is 0 Å². The number of hydrogen-bond acceptors (Lipinski definition) is 5. The molecule has 0 saturated heterocycles. The molecule has 7 nitrogen and oxygen atoms in total. The van der Waals surface area contributed by atoms with E-state index in [1.54, 1.807) is 19.5 Å². The highest BCUT2D eigenvalue weighted by atomic mass is 16.3. The van der Waals surface area contributed by atoms with E-state index in [0.29, 0.717) is 18.1 Å². The number of likely N-dealkylation sites (N-methyl/N-ethyl adjacent to an activating group) is 1. The van der Waals surface area contributed by atoms with Crippen molar-refractivity contribution in [1.29, 1.82) is 0 Å². The van der Waals surface area contributed by atoms with Crippen LogP contribution in [-0.4, -0.2) is 45.0 Å². The SMILES string of the molecule is CN1C(=O)/C(=C/c2ccc3[nH]cnc3c2)N=C1N[C@H]1c2ccccc2C[C@@H]1O. The van der Waals surface area contributed by atoms with Gasteiger partial charge in [0.05, 0.1) is 29.5 Å². The zero-order chi connectivity index (χ0) is 19.3.